The van der Waals surface area contributed by atoms with Gasteiger partial charge in [-0.3, -0.25) is 9.59 Å². The van der Waals surface area contributed by atoms with Crippen molar-refractivity contribution < 1.29 is 9.59 Å². The van der Waals surface area contributed by atoms with Crippen molar-refractivity contribution in [2.75, 3.05) is 26.2 Å². The summed E-state index contributed by atoms with van der Waals surface area (Å²) in [5, 5.41) is 4.42. The average Bonchev–Trinajstić information content (AvgIpc) is 3.48. The number of carbonyl (C=O) groups is 2. The van der Waals surface area contributed by atoms with Gasteiger partial charge in [-0.25, -0.2) is 9.67 Å². The highest BCUT2D eigenvalue weighted by Crippen LogP contribution is 2.16. The minimum Gasteiger partial charge on any atom is -0.345 e. The molecule has 30 heavy (non-hydrogen) atoms. The standard InChI is InChI=1S/C22H20N6O2/c29-21(16-6-7-18-20(14-16)24-15-23-18)26-10-12-27(13-11-26)22(30)19-8-9-28(25-19)17-4-2-1-3-5-17/h1-9,14-15H,10-13H2,(H,23,24). The second kappa shape index (κ2) is 7.47. The van der Waals surface area contributed by atoms with E-state index in [9.17, 15) is 9.59 Å². The van der Waals surface area contributed by atoms with Crippen molar-refractivity contribution in [2.45, 2.75) is 0 Å². The molecular formula is C22H20N6O2. The number of nitrogens with zero attached hydrogens (tertiary/aromatic N) is 5. The number of amides is 2. The van der Waals surface area contributed by atoms with E-state index in [1.807, 2.05) is 42.5 Å². The summed E-state index contributed by atoms with van der Waals surface area (Å²) in [6.45, 7) is 1.94. The Labute approximate surface area is 172 Å². The number of para-hydroxylation sites is 1. The first-order chi connectivity index (χ1) is 14.7. The number of aromatic nitrogens is 4. The van der Waals surface area contributed by atoms with Crippen LogP contribution in [-0.2, 0) is 0 Å². The van der Waals surface area contributed by atoms with Crippen molar-refractivity contribution in [3.05, 3.63) is 78.4 Å². The molecule has 2 amide bonds. The molecule has 1 aliphatic heterocycles. The number of hydrogen-bond donors (Lipinski definition) is 1. The lowest BCUT2D eigenvalue weighted by Gasteiger charge is -2.34. The lowest BCUT2D eigenvalue weighted by Crippen LogP contribution is -2.50. The molecule has 8 nitrogen and oxygen atoms in total. The van der Waals surface area contributed by atoms with Gasteiger partial charge >= 0.3 is 0 Å². The number of carbonyl (C=O) groups excluding carboxylic acids is 2. The summed E-state index contributed by atoms with van der Waals surface area (Å²) >= 11 is 0. The number of rotatable bonds is 3. The van der Waals surface area contributed by atoms with E-state index < -0.39 is 0 Å². The van der Waals surface area contributed by atoms with Crippen LogP contribution in [0, 0.1) is 0 Å². The van der Waals surface area contributed by atoms with Gasteiger partial charge in [0.1, 0.15) is 0 Å². The van der Waals surface area contributed by atoms with Gasteiger partial charge in [0.15, 0.2) is 5.69 Å². The van der Waals surface area contributed by atoms with Gasteiger partial charge in [0.05, 0.1) is 23.0 Å². The van der Waals surface area contributed by atoms with E-state index in [-0.39, 0.29) is 11.8 Å². The Morgan fingerprint density at radius 2 is 1.60 bits per heavy atom. The molecule has 0 bridgehead atoms. The molecule has 5 rings (SSSR count). The highest BCUT2D eigenvalue weighted by molar-refractivity contribution is 5.97. The van der Waals surface area contributed by atoms with Crippen molar-refractivity contribution in [1.29, 1.82) is 0 Å². The number of H-pyrrole nitrogens is 1. The maximum Gasteiger partial charge on any atom is 0.274 e. The van der Waals surface area contributed by atoms with Crippen LogP contribution >= 0.6 is 0 Å². The van der Waals surface area contributed by atoms with Gasteiger partial charge in [-0.2, -0.15) is 5.10 Å². The zero-order valence-electron chi connectivity index (χ0n) is 16.2. The lowest BCUT2D eigenvalue weighted by atomic mass is 10.1. The Bertz CT molecular complexity index is 1200. The topological polar surface area (TPSA) is 87.1 Å². The van der Waals surface area contributed by atoms with Crippen LogP contribution in [0.1, 0.15) is 20.8 Å². The molecule has 3 heterocycles. The summed E-state index contributed by atoms with van der Waals surface area (Å²) in [4.78, 5) is 36.4. The van der Waals surface area contributed by atoms with E-state index in [0.29, 0.717) is 37.4 Å². The Hall–Kier alpha value is -3.94. The molecule has 0 saturated carbocycles. The zero-order valence-corrected chi connectivity index (χ0v) is 16.2. The van der Waals surface area contributed by atoms with Crippen LogP contribution in [0.2, 0.25) is 0 Å². The van der Waals surface area contributed by atoms with Crippen LogP contribution in [0.5, 0.6) is 0 Å². The van der Waals surface area contributed by atoms with Crippen LogP contribution in [0.15, 0.2) is 67.1 Å². The van der Waals surface area contributed by atoms with E-state index in [4.69, 9.17) is 0 Å². The average molecular weight is 400 g/mol. The molecule has 2 aromatic carbocycles. The smallest absolute Gasteiger partial charge is 0.274 e. The number of hydrogen-bond acceptors (Lipinski definition) is 4. The third kappa shape index (κ3) is 3.32. The molecule has 0 unspecified atom stereocenters. The van der Waals surface area contributed by atoms with Gasteiger partial charge in [-0.1, -0.05) is 18.2 Å². The summed E-state index contributed by atoms with van der Waals surface area (Å²) < 4.78 is 1.69. The molecular weight excluding hydrogens is 380 g/mol. The van der Waals surface area contributed by atoms with Gasteiger partial charge in [-0.15, -0.1) is 0 Å². The highest BCUT2D eigenvalue weighted by atomic mass is 16.2. The Morgan fingerprint density at radius 1 is 0.867 bits per heavy atom. The molecule has 0 atom stereocenters. The lowest BCUT2D eigenvalue weighted by molar-refractivity contribution is 0.0532. The Kier molecular flexibility index (Phi) is 4.51. The van der Waals surface area contributed by atoms with Crippen molar-refractivity contribution >= 4 is 22.8 Å². The molecule has 0 aliphatic carbocycles. The van der Waals surface area contributed by atoms with Crippen LogP contribution in [0.25, 0.3) is 16.7 Å². The first kappa shape index (κ1) is 18.1. The summed E-state index contributed by atoms with van der Waals surface area (Å²) in [5.41, 5.74) is 3.60. The monoisotopic (exact) mass is 400 g/mol. The quantitative estimate of drug-likeness (QED) is 0.572. The van der Waals surface area contributed by atoms with Gasteiger partial charge in [0.2, 0.25) is 0 Å². The van der Waals surface area contributed by atoms with Crippen molar-refractivity contribution in [1.82, 2.24) is 29.5 Å². The summed E-state index contributed by atoms with van der Waals surface area (Å²) in [6, 6.07) is 16.8. The molecule has 4 aromatic rings. The summed E-state index contributed by atoms with van der Waals surface area (Å²) in [6.07, 6.45) is 3.40. The number of imidazole rings is 1. The van der Waals surface area contributed by atoms with Gasteiger partial charge in [0, 0.05) is 37.9 Å². The minimum absolute atomic E-state index is 0.0352. The fourth-order valence-electron chi connectivity index (χ4n) is 3.69. The maximum atomic E-state index is 12.8. The maximum absolute atomic E-state index is 12.8. The van der Waals surface area contributed by atoms with Crippen LogP contribution in [-0.4, -0.2) is 67.5 Å². The van der Waals surface area contributed by atoms with E-state index in [2.05, 4.69) is 15.1 Å². The molecule has 8 heteroatoms. The first-order valence-corrected chi connectivity index (χ1v) is 9.82. The van der Waals surface area contributed by atoms with Gasteiger partial charge in [0.25, 0.3) is 11.8 Å². The van der Waals surface area contributed by atoms with Gasteiger partial charge in [-0.05, 0) is 36.4 Å². The fourth-order valence-corrected chi connectivity index (χ4v) is 3.69. The SMILES string of the molecule is O=C(c1ccc2nc[nH]c2c1)N1CCN(C(=O)c2ccn(-c3ccccc3)n2)CC1. The van der Waals surface area contributed by atoms with E-state index >= 15 is 0 Å². The zero-order chi connectivity index (χ0) is 20.5. The number of fused-ring (bicyclic) bond motifs is 1. The molecule has 0 radical (unpaired) electrons. The molecule has 1 aliphatic rings. The number of nitrogens with one attached hydrogen (secondary N) is 1. The third-order valence-electron chi connectivity index (χ3n) is 5.35. The Morgan fingerprint density at radius 3 is 2.37 bits per heavy atom. The van der Waals surface area contributed by atoms with E-state index in [1.54, 1.807) is 39.1 Å². The molecule has 2 aromatic heterocycles. The summed E-state index contributed by atoms with van der Waals surface area (Å²) in [7, 11) is 0. The van der Waals surface area contributed by atoms with Crippen molar-refractivity contribution in [3.8, 4) is 5.69 Å². The van der Waals surface area contributed by atoms with E-state index in [0.717, 1.165) is 16.7 Å². The predicted octanol–water partition coefficient (Wildman–Crippen LogP) is 2.35. The second-order valence-corrected chi connectivity index (χ2v) is 7.20. The molecule has 0 spiro atoms. The normalized spacial score (nSPS) is 14.3. The third-order valence-corrected chi connectivity index (χ3v) is 5.35. The summed E-state index contributed by atoms with van der Waals surface area (Å²) in [5.74, 6) is -0.150. The Balaban J connectivity index is 1.24. The number of aromatic amines is 1. The second-order valence-electron chi connectivity index (χ2n) is 7.20. The molecule has 150 valence electrons. The highest BCUT2D eigenvalue weighted by Gasteiger charge is 2.26. The van der Waals surface area contributed by atoms with Crippen molar-refractivity contribution in [3.63, 3.8) is 0 Å². The number of benzene rings is 2. The van der Waals surface area contributed by atoms with Crippen molar-refractivity contribution in [2.24, 2.45) is 0 Å². The predicted molar refractivity (Wildman–Crippen MR) is 111 cm³/mol. The fraction of sp³-hybridized carbons (Fsp3) is 0.182. The molecule has 1 saturated heterocycles. The van der Waals surface area contributed by atoms with E-state index in [1.165, 1.54) is 0 Å². The number of piperazine rings is 1. The first-order valence-electron chi connectivity index (χ1n) is 9.82. The van der Waals surface area contributed by atoms with Crippen LogP contribution in [0.4, 0.5) is 0 Å². The largest absolute Gasteiger partial charge is 0.345 e. The van der Waals surface area contributed by atoms with Gasteiger partial charge < -0.3 is 14.8 Å². The minimum atomic E-state index is -0.115. The van der Waals surface area contributed by atoms with Crippen LogP contribution < -0.4 is 0 Å². The van der Waals surface area contributed by atoms with Crippen LogP contribution in [0.3, 0.4) is 0 Å². The molecule has 1 fully saturated rings. The molecule has 1 N–H and O–H groups in total.